The summed E-state index contributed by atoms with van der Waals surface area (Å²) >= 11 is 0. The fourth-order valence-corrected chi connectivity index (χ4v) is 12.4. The molecule has 1 aromatic carbocycles. The van der Waals surface area contributed by atoms with Gasteiger partial charge in [-0.3, -0.25) is 4.79 Å². The molecule has 0 spiro atoms. The lowest BCUT2D eigenvalue weighted by atomic mass is 9.67. The summed E-state index contributed by atoms with van der Waals surface area (Å²) in [7, 11) is 6.40. The third-order valence-corrected chi connectivity index (χ3v) is 17.4. The van der Waals surface area contributed by atoms with Crippen LogP contribution in [-0.4, -0.2) is 210 Å². The Hall–Kier alpha value is -4.15. The van der Waals surface area contributed by atoms with E-state index in [1.165, 1.54) is 25.8 Å². The molecule has 3 aromatic rings. The van der Waals surface area contributed by atoms with Gasteiger partial charge in [0.25, 0.3) is 0 Å². The smallest absolute Gasteiger partial charge is 0.309 e. The first kappa shape index (κ1) is 65.0. The van der Waals surface area contributed by atoms with Gasteiger partial charge in [0, 0.05) is 83.7 Å². The minimum absolute atomic E-state index is 0.0571. The summed E-state index contributed by atoms with van der Waals surface area (Å²) in [5, 5.41) is 89.9. The highest BCUT2D eigenvalue weighted by Crippen LogP contribution is 2.46. The van der Waals surface area contributed by atoms with Crippen LogP contribution in [0.15, 0.2) is 41.8 Å². The predicted octanol–water partition coefficient (Wildman–Crippen LogP) is 3.68. The Bertz CT molecular complexity index is 2440. The van der Waals surface area contributed by atoms with Gasteiger partial charge >= 0.3 is 5.97 Å². The van der Waals surface area contributed by atoms with E-state index in [0.717, 1.165) is 0 Å². The topological polar surface area (TPSA) is 289 Å². The van der Waals surface area contributed by atoms with Crippen molar-refractivity contribution in [3.8, 4) is 5.69 Å². The SMILES string of the molecule is CC[C@H]1OC(=O)[C@H](C)[C@@H](C2C[C@@](C)(OC)[C@@H](O)[C@H](C)O2)[C@H](C)[C@@H](O[C@@H]2O[C@H](C)C[C@H](N(C)CCc3cn([C@H](CF)[C@H](O)c4ccc(-n5cc(CCO)nn5)cc4)nn3)[C@H]2O)[C@](C)(OC)C[C@@H](C)/C(=N\OCOC)[C@H](C)[C@@H](O)[C@]1(C)O. The van der Waals surface area contributed by atoms with Crippen LogP contribution in [0.1, 0.15) is 124 Å². The number of aromatic nitrogens is 6. The number of oxime groups is 1. The Morgan fingerprint density at radius 2 is 1.56 bits per heavy atom. The maximum absolute atomic E-state index is 14.8. The molecule has 6 rings (SSSR count). The third kappa shape index (κ3) is 14.4. The van der Waals surface area contributed by atoms with Crippen molar-refractivity contribution in [1.82, 2.24) is 34.9 Å². The zero-order valence-corrected chi connectivity index (χ0v) is 49.2. The Labute approximate surface area is 470 Å². The number of aliphatic hydroxyl groups is 6. The largest absolute Gasteiger partial charge is 0.459 e. The maximum atomic E-state index is 14.8. The van der Waals surface area contributed by atoms with E-state index in [1.54, 1.807) is 83.1 Å². The molecule has 2 aromatic heterocycles. The van der Waals surface area contributed by atoms with Gasteiger partial charge in [-0.2, -0.15) is 0 Å². The highest BCUT2D eigenvalue weighted by Gasteiger charge is 2.56. The number of carbonyl (C=O) groups excluding carboxylic acids is 1. The molecule has 0 amide bonds. The average molecular weight is 1140 g/mol. The number of rotatable bonds is 20. The predicted molar refractivity (Wildman–Crippen MR) is 290 cm³/mol. The quantitative estimate of drug-likeness (QED) is 0.0407. The summed E-state index contributed by atoms with van der Waals surface area (Å²) in [6.07, 6.45) is -5.39. The van der Waals surface area contributed by atoms with Crippen LogP contribution in [0.2, 0.25) is 0 Å². The third-order valence-electron chi connectivity index (χ3n) is 17.4. The van der Waals surface area contributed by atoms with E-state index >= 15 is 0 Å². The van der Waals surface area contributed by atoms with Crippen molar-refractivity contribution in [3.05, 3.63) is 53.6 Å². The number of benzene rings is 1. The van der Waals surface area contributed by atoms with Crippen LogP contribution < -0.4 is 0 Å². The second-order valence-electron chi connectivity index (χ2n) is 23.2. The van der Waals surface area contributed by atoms with Crippen molar-refractivity contribution in [2.24, 2.45) is 34.7 Å². The number of esters is 1. The van der Waals surface area contributed by atoms with Crippen molar-refractivity contribution >= 4 is 11.7 Å². The summed E-state index contributed by atoms with van der Waals surface area (Å²) < 4.78 is 62.0. The number of carbonyl (C=O) groups is 1. The van der Waals surface area contributed by atoms with Gasteiger partial charge in [0.2, 0.25) is 6.79 Å². The Balaban J connectivity index is 1.30. The minimum atomic E-state index is -1.96. The Morgan fingerprint density at radius 1 is 0.900 bits per heavy atom. The number of hydrogen-bond acceptors (Lipinski definition) is 21. The van der Waals surface area contributed by atoms with Crippen LogP contribution in [0, 0.1) is 29.6 Å². The van der Waals surface area contributed by atoms with Gasteiger partial charge in [0.05, 0.1) is 76.6 Å². The maximum Gasteiger partial charge on any atom is 0.309 e. The van der Waals surface area contributed by atoms with Crippen molar-refractivity contribution in [3.63, 3.8) is 0 Å². The number of nitrogens with zero attached hydrogens (tertiary/aromatic N) is 8. The molecule has 3 saturated heterocycles. The standard InChI is InChI=1S/C56H91FN8O15/c1-15-44-56(10,72)49(69)35(6)46(60-76-30-73-12)31(2)25-55(9,75-14)51(33(4)45(34(5)52(71)79-44)43-26-54(8,74-13)50(70)36(7)78-43)80-53-48(68)41(24-32(3)77-53)63(11)22-20-38-29-65(62-58-38)42(27-57)47(67)37-16-18-40(19-17-37)64-28-39(21-23-66)59-61-64/h16-19,28-29,31-36,41-45,47-51,53,66-70,72H,15,20-27,30H2,1-14H3/b60-46+/t31-,32-,33+,34-,35+,36+,41+,42-,43?,44-,45+,47-,48-,49-,50+,51-,53+,54-,55-,56-/m1/s1. The normalized spacial score (nSPS) is 37.3. The molecule has 6 N–H and O–H groups in total. The molecule has 452 valence electrons. The molecule has 5 heterocycles. The molecule has 0 aliphatic carbocycles. The number of methoxy groups -OCH3 is 3. The van der Waals surface area contributed by atoms with Crippen LogP contribution in [-0.2, 0) is 55.6 Å². The number of hydrogen-bond donors (Lipinski definition) is 6. The summed E-state index contributed by atoms with van der Waals surface area (Å²) in [5.74, 6) is -4.43. The first-order valence-electron chi connectivity index (χ1n) is 28.0. The zero-order valence-electron chi connectivity index (χ0n) is 49.2. The fraction of sp³-hybridized carbons (Fsp3) is 0.786. The molecule has 3 aliphatic heterocycles. The van der Waals surface area contributed by atoms with E-state index < -0.39 is 132 Å². The molecule has 0 radical (unpaired) electrons. The lowest BCUT2D eigenvalue weighted by Gasteiger charge is -2.52. The van der Waals surface area contributed by atoms with Crippen LogP contribution in [0.3, 0.4) is 0 Å². The summed E-state index contributed by atoms with van der Waals surface area (Å²) in [4.78, 5) is 22.4. The van der Waals surface area contributed by atoms with E-state index in [2.05, 4.69) is 25.8 Å². The van der Waals surface area contributed by atoms with Gasteiger partial charge in [0.15, 0.2) is 6.29 Å². The van der Waals surface area contributed by atoms with E-state index in [1.807, 2.05) is 39.6 Å². The zero-order chi connectivity index (χ0) is 59.0. The lowest BCUT2D eigenvalue weighted by Crippen LogP contribution is -2.62. The number of ether oxygens (including phenoxy) is 7. The van der Waals surface area contributed by atoms with Crippen LogP contribution in [0.4, 0.5) is 4.39 Å². The number of likely N-dealkylation sites (N-methyl/N-ethyl adjacent to an activating group) is 1. The van der Waals surface area contributed by atoms with Gasteiger partial charge in [-0.15, -0.1) is 10.2 Å². The first-order chi connectivity index (χ1) is 37.8. The molecular formula is C56H91FN8O15. The average Bonchev–Trinajstić information content (AvgIpc) is 4.18. The molecule has 1 unspecified atom stereocenters. The number of cyclic esters (lactones) is 1. The summed E-state index contributed by atoms with van der Waals surface area (Å²) in [6, 6.07) is 5.23. The number of alkyl halides is 1. The van der Waals surface area contributed by atoms with Gasteiger partial charge in [-0.1, -0.05) is 62.3 Å². The van der Waals surface area contributed by atoms with Gasteiger partial charge in [0.1, 0.15) is 42.7 Å². The molecule has 23 nitrogen and oxygen atoms in total. The summed E-state index contributed by atoms with van der Waals surface area (Å²) in [5.41, 5.74) is -1.68. The highest BCUT2D eigenvalue weighted by atomic mass is 19.1. The first-order valence-corrected chi connectivity index (χ1v) is 28.0. The van der Waals surface area contributed by atoms with Crippen LogP contribution >= 0.6 is 0 Å². The monoisotopic (exact) mass is 1130 g/mol. The molecule has 0 bridgehead atoms. The van der Waals surface area contributed by atoms with Crippen molar-refractivity contribution in [2.45, 2.75) is 198 Å². The molecule has 80 heavy (non-hydrogen) atoms. The van der Waals surface area contributed by atoms with Crippen molar-refractivity contribution < 1.29 is 77.8 Å². The second kappa shape index (κ2) is 28.0. The highest BCUT2D eigenvalue weighted by molar-refractivity contribution is 5.88. The fourth-order valence-electron chi connectivity index (χ4n) is 12.4. The molecule has 0 saturated carbocycles. The summed E-state index contributed by atoms with van der Waals surface area (Å²) in [6.45, 7) is 17.0. The molecule has 20 atom stereocenters. The van der Waals surface area contributed by atoms with Crippen LogP contribution in [0.5, 0.6) is 0 Å². The Morgan fingerprint density at radius 3 is 2.19 bits per heavy atom. The van der Waals surface area contributed by atoms with Gasteiger partial charge in [-0.25, -0.2) is 13.8 Å². The molecule has 24 heteroatoms. The van der Waals surface area contributed by atoms with E-state index in [4.69, 9.17) is 38.0 Å². The van der Waals surface area contributed by atoms with Gasteiger partial charge < -0.3 is 73.5 Å². The van der Waals surface area contributed by atoms with Crippen LogP contribution in [0.25, 0.3) is 5.69 Å². The Kier molecular flexibility index (Phi) is 22.7. The van der Waals surface area contributed by atoms with E-state index in [-0.39, 0.29) is 32.7 Å². The van der Waals surface area contributed by atoms with Gasteiger partial charge in [-0.05, 0) is 84.5 Å². The lowest BCUT2D eigenvalue weighted by molar-refractivity contribution is -0.305. The number of aliphatic hydroxyl groups excluding tert-OH is 5. The van der Waals surface area contributed by atoms with E-state index in [0.29, 0.717) is 54.2 Å². The molecule has 3 aliphatic rings. The van der Waals surface area contributed by atoms with Crippen molar-refractivity contribution in [1.29, 1.82) is 0 Å². The number of halogens is 1. The second-order valence-corrected chi connectivity index (χ2v) is 23.2. The minimum Gasteiger partial charge on any atom is -0.459 e. The molecule has 3 fully saturated rings. The molecular weight excluding hydrogens is 1040 g/mol. The van der Waals surface area contributed by atoms with E-state index in [9.17, 15) is 39.8 Å². The van der Waals surface area contributed by atoms with Crippen molar-refractivity contribution in [2.75, 3.05) is 55.0 Å².